The molecule has 0 spiro atoms. The monoisotopic (exact) mass is 422 g/mol. The summed E-state index contributed by atoms with van der Waals surface area (Å²) in [5.41, 5.74) is 2.76. The molecule has 0 N–H and O–H groups in total. The summed E-state index contributed by atoms with van der Waals surface area (Å²) in [5.74, 6) is 1.76. The van der Waals surface area contributed by atoms with Crippen molar-refractivity contribution in [3.63, 3.8) is 0 Å². The molecule has 2 aromatic carbocycles. The van der Waals surface area contributed by atoms with Crippen molar-refractivity contribution in [2.45, 2.75) is 26.3 Å². The highest BCUT2D eigenvalue weighted by Gasteiger charge is 2.34. The van der Waals surface area contributed by atoms with Crippen LogP contribution in [0.5, 0.6) is 17.2 Å². The Kier molecular flexibility index (Phi) is 5.84. The molecule has 31 heavy (non-hydrogen) atoms. The van der Waals surface area contributed by atoms with Crippen LogP contribution < -0.4 is 14.2 Å². The Morgan fingerprint density at radius 2 is 1.90 bits per heavy atom. The van der Waals surface area contributed by atoms with Gasteiger partial charge in [0.05, 0.1) is 19.7 Å². The molecular formula is C24H26N2O5. The van der Waals surface area contributed by atoms with Crippen molar-refractivity contribution in [2.75, 3.05) is 27.0 Å². The summed E-state index contributed by atoms with van der Waals surface area (Å²) in [6.45, 7) is 4.07. The minimum absolute atomic E-state index is 0.0279. The van der Waals surface area contributed by atoms with Crippen molar-refractivity contribution in [3.8, 4) is 17.2 Å². The number of benzene rings is 2. The average Bonchev–Trinajstić information content (AvgIpc) is 3.23. The van der Waals surface area contributed by atoms with Gasteiger partial charge >= 0.3 is 0 Å². The van der Waals surface area contributed by atoms with Crippen LogP contribution in [0.25, 0.3) is 6.08 Å². The Balaban J connectivity index is 1.63. The van der Waals surface area contributed by atoms with E-state index in [4.69, 9.17) is 14.2 Å². The van der Waals surface area contributed by atoms with Gasteiger partial charge in [-0.05, 0) is 35.8 Å². The summed E-state index contributed by atoms with van der Waals surface area (Å²) in [6, 6.07) is 13.5. The van der Waals surface area contributed by atoms with E-state index in [1.54, 1.807) is 25.9 Å². The maximum atomic E-state index is 12.5. The zero-order valence-electron chi connectivity index (χ0n) is 18.0. The molecule has 1 saturated heterocycles. The van der Waals surface area contributed by atoms with Crippen LogP contribution in [-0.2, 0) is 16.0 Å². The smallest absolute Gasteiger partial charge is 0.231 e. The Bertz CT molecular complexity index is 1020. The van der Waals surface area contributed by atoms with Gasteiger partial charge in [-0.1, -0.05) is 30.3 Å². The third-order valence-corrected chi connectivity index (χ3v) is 5.62. The van der Waals surface area contributed by atoms with Gasteiger partial charge in [0, 0.05) is 26.1 Å². The number of methoxy groups -OCH3 is 1. The fourth-order valence-corrected chi connectivity index (χ4v) is 4.13. The zero-order valence-corrected chi connectivity index (χ0v) is 18.0. The fraction of sp³-hybridized carbons (Fsp3) is 0.333. The summed E-state index contributed by atoms with van der Waals surface area (Å²) < 4.78 is 16.4. The summed E-state index contributed by atoms with van der Waals surface area (Å²) in [4.78, 5) is 28.6. The van der Waals surface area contributed by atoms with Gasteiger partial charge in [-0.15, -0.1) is 0 Å². The number of rotatable bonds is 4. The van der Waals surface area contributed by atoms with Gasteiger partial charge in [-0.2, -0.15) is 0 Å². The average molecular weight is 422 g/mol. The standard InChI is InChI=1S/C24H26N2O5/c1-16(27)25-14-21(10-19-11-22(29-3)24-23(12-19)30-15-31-24)26(17(2)28)13-20(25)9-18-7-5-4-6-8-18/h4-9,11-12,21H,10,13-15H2,1-3H3/t21-/m0/s1. The summed E-state index contributed by atoms with van der Waals surface area (Å²) in [7, 11) is 1.59. The van der Waals surface area contributed by atoms with Crippen molar-refractivity contribution in [3.05, 3.63) is 59.3 Å². The highest BCUT2D eigenvalue weighted by molar-refractivity contribution is 5.80. The second-order valence-electron chi connectivity index (χ2n) is 7.71. The van der Waals surface area contributed by atoms with Gasteiger partial charge in [0.2, 0.25) is 24.4 Å². The van der Waals surface area contributed by atoms with Crippen molar-refractivity contribution >= 4 is 17.9 Å². The number of amides is 2. The van der Waals surface area contributed by atoms with Gasteiger partial charge in [0.1, 0.15) is 0 Å². The number of carbonyl (C=O) groups is 2. The van der Waals surface area contributed by atoms with E-state index in [1.807, 2.05) is 53.4 Å². The lowest BCUT2D eigenvalue weighted by molar-refractivity contribution is -0.137. The number of fused-ring (bicyclic) bond motifs is 1. The van der Waals surface area contributed by atoms with Gasteiger partial charge in [-0.25, -0.2) is 0 Å². The molecule has 0 bridgehead atoms. The minimum Gasteiger partial charge on any atom is -0.493 e. The molecule has 0 aliphatic carbocycles. The van der Waals surface area contributed by atoms with Gasteiger partial charge in [0.25, 0.3) is 0 Å². The van der Waals surface area contributed by atoms with Crippen LogP contribution in [-0.4, -0.2) is 54.6 Å². The molecule has 2 aliphatic heterocycles. The number of carbonyl (C=O) groups excluding carboxylic acids is 2. The molecule has 4 rings (SSSR count). The SMILES string of the molecule is COc1cc(C[C@H]2CN(C(C)=O)C(=Cc3ccccc3)CN2C(C)=O)cc2c1OCO2. The first-order valence-electron chi connectivity index (χ1n) is 10.2. The van der Waals surface area contributed by atoms with Gasteiger partial charge < -0.3 is 24.0 Å². The summed E-state index contributed by atoms with van der Waals surface area (Å²) in [6.07, 6.45) is 2.53. The van der Waals surface area contributed by atoms with Crippen molar-refractivity contribution in [1.29, 1.82) is 0 Å². The van der Waals surface area contributed by atoms with Crippen LogP contribution in [0.15, 0.2) is 48.2 Å². The lowest BCUT2D eigenvalue weighted by Crippen LogP contribution is -2.55. The number of nitrogens with zero attached hydrogens (tertiary/aromatic N) is 2. The number of ether oxygens (including phenoxy) is 3. The van der Waals surface area contributed by atoms with Crippen LogP contribution in [0.4, 0.5) is 0 Å². The maximum absolute atomic E-state index is 12.5. The van der Waals surface area contributed by atoms with E-state index in [-0.39, 0.29) is 24.6 Å². The number of hydrogen-bond donors (Lipinski definition) is 0. The second kappa shape index (κ2) is 8.71. The lowest BCUT2D eigenvalue weighted by Gasteiger charge is -2.42. The van der Waals surface area contributed by atoms with E-state index in [2.05, 4.69) is 0 Å². The van der Waals surface area contributed by atoms with Gasteiger partial charge in [-0.3, -0.25) is 9.59 Å². The van der Waals surface area contributed by atoms with E-state index in [9.17, 15) is 9.59 Å². The molecule has 1 atom stereocenters. The quantitative estimate of drug-likeness (QED) is 0.758. The van der Waals surface area contributed by atoms with Crippen LogP contribution >= 0.6 is 0 Å². The summed E-state index contributed by atoms with van der Waals surface area (Å²) in [5, 5.41) is 0. The Morgan fingerprint density at radius 3 is 2.58 bits per heavy atom. The van der Waals surface area contributed by atoms with E-state index >= 15 is 0 Å². The van der Waals surface area contributed by atoms with E-state index in [1.165, 1.54) is 0 Å². The molecule has 2 amide bonds. The van der Waals surface area contributed by atoms with Crippen LogP contribution in [0.2, 0.25) is 0 Å². The normalized spacial score (nSPS) is 18.9. The predicted octanol–water partition coefficient (Wildman–Crippen LogP) is 3.09. The first-order valence-corrected chi connectivity index (χ1v) is 10.2. The molecule has 7 nitrogen and oxygen atoms in total. The fourth-order valence-electron chi connectivity index (χ4n) is 4.13. The first-order chi connectivity index (χ1) is 15.0. The molecule has 2 heterocycles. The molecule has 162 valence electrons. The molecule has 7 heteroatoms. The molecule has 0 saturated carbocycles. The van der Waals surface area contributed by atoms with Crippen molar-refractivity contribution < 1.29 is 23.8 Å². The highest BCUT2D eigenvalue weighted by atomic mass is 16.7. The molecule has 2 aliphatic rings. The second-order valence-corrected chi connectivity index (χ2v) is 7.71. The largest absolute Gasteiger partial charge is 0.493 e. The topological polar surface area (TPSA) is 68.3 Å². The Labute approximate surface area is 181 Å². The lowest BCUT2D eigenvalue weighted by atomic mass is 9.99. The van der Waals surface area contributed by atoms with E-state index < -0.39 is 0 Å². The number of piperazine rings is 1. The third kappa shape index (κ3) is 4.35. The molecule has 0 aromatic heterocycles. The van der Waals surface area contributed by atoms with Crippen LogP contribution in [0.3, 0.4) is 0 Å². The molecule has 2 aromatic rings. The maximum Gasteiger partial charge on any atom is 0.231 e. The van der Waals surface area contributed by atoms with Crippen LogP contribution in [0, 0.1) is 0 Å². The van der Waals surface area contributed by atoms with Crippen LogP contribution in [0.1, 0.15) is 25.0 Å². The molecule has 1 fully saturated rings. The Hall–Kier alpha value is -3.48. The minimum atomic E-state index is -0.167. The van der Waals surface area contributed by atoms with Crippen molar-refractivity contribution in [1.82, 2.24) is 9.80 Å². The highest BCUT2D eigenvalue weighted by Crippen LogP contribution is 2.42. The van der Waals surface area contributed by atoms with E-state index in [0.29, 0.717) is 36.8 Å². The zero-order chi connectivity index (χ0) is 22.0. The summed E-state index contributed by atoms with van der Waals surface area (Å²) >= 11 is 0. The molecular weight excluding hydrogens is 396 g/mol. The first kappa shape index (κ1) is 20.8. The Morgan fingerprint density at radius 1 is 1.13 bits per heavy atom. The third-order valence-electron chi connectivity index (χ3n) is 5.62. The molecule has 0 radical (unpaired) electrons. The van der Waals surface area contributed by atoms with Gasteiger partial charge in [0.15, 0.2) is 11.5 Å². The van der Waals surface area contributed by atoms with Crippen molar-refractivity contribution in [2.24, 2.45) is 0 Å². The number of hydrogen-bond acceptors (Lipinski definition) is 5. The van der Waals surface area contributed by atoms with E-state index in [0.717, 1.165) is 16.8 Å². The molecule has 0 unspecified atom stereocenters. The predicted molar refractivity (Wildman–Crippen MR) is 116 cm³/mol.